The van der Waals surface area contributed by atoms with Gasteiger partial charge in [-0.05, 0) is 74.1 Å². The molecule has 48 heavy (non-hydrogen) atoms. The lowest BCUT2D eigenvalue weighted by Gasteiger charge is -2.36. The van der Waals surface area contributed by atoms with Gasteiger partial charge in [0.2, 0.25) is 5.91 Å². The number of fused-ring (bicyclic) bond motifs is 1. The summed E-state index contributed by atoms with van der Waals surface area (Å²) < 4.78 is 17.4. The third-order valence-corrected chi connectivity index (χ3v) is 12.5. The van der Waals surface area contributed by atoms with Crippen LogP contribution in [0.1, 0.15) is 84.3 Å². The van der Waals surface area contributed by atoms with Crippen LogP contribution in [-0.2, 0) is 23.8 Å². The minimum Gasteiger partial charge on any atom is -0.433 e. The lowest BCUT2D eigenvalue weighted by Crippen LogP contribution is -2.48. The average Bonchev–Trinajstić information content (AvgIpc) is 3.48. The number of carbonyl (C=O) groups excluding carboxylic acids is 3. The number of carbonyl (C=O) groups is 3. The van der Waals surface area contributed by atoms with Gasteiger partial charge < -0.3 is 24.6 Å². The summed E-state index contributed by atoms with van der Waals surface area (Å²) in [5, 5.41) is 18.2. The number of thiazole rings is 1. The standard InChI is InChI=1S/C35H49N3O7S3/c1-21-11-10-13-35(7)28(45-35)18-26(22(2)17-25-20-46-24(4)37-25)38-29(40)19-27(39)34(5,6)32(41)23(3)31(21)44-33(42)43-15-16-47-48-30-12-8-9-14-36-30/h8-9,12,14,17,20-21,23,26-28,31,39H,10-11,13,15-16,18-19H2,1-7H3,(H,38,40)/b22-17+/t21-,23+,26-,27-,28-,31-,35+/m0/s1. The van der Waals surface area contributed by atoms with Crippen LogP contribution in [0, 0.1) is 24.2 Å². The predicted octanol–water partition coefficient (Wildman–Crippen LogP) is 7.05. The Bertz CT molecular complexity index is 1440. The van der Waals surface area contributed by atoms with Crippen LogP contribution in [0.25, 0.3) is 6.08 Å². The Labute approximate surface area is 296 Å². The van der Waals surface area contributed by atoms with Crippen molar-refractivity contribution < 1.29 is 33.7 Å². The van der Waals surface area contributed by atoms with Crippen LogP contribution in [0.3, 0.4) is 0 Å². The van der Waals surface area contributed by atoms with Gasteiger partial charge in [-0.3, -0.25) is 9.59 Å². The highest BCUT2D eigenvalue weighted by atomic mass is 33.1. The molecular weight excluding hydrogens is 671 g/mol. The summed E-state index contributed by atoms with van der Waals surface area (Å²) >= 11 is 1.57. The van der Waals surface area contributed by atoms with E-state index >= 15 is 0 Å². The van der Waals surface area contributed by atoms with E-state index in [4.69, 9.17) is 14.2 Å². The summed E-state index contributed by atoms with van der Waals surface area (Å²) in [5.74, 6) is -1.03. The van der Waals surface area contributed by atoms with Gasteiger partial charge in [0, 0.05) is 23.8 Å². The van der Waals surface area contributed by atoms with Crippen molar-refractivity contribution in [3.63, 3.8) is 0 Å². The quantitative estimate of drug-likeness (QED) is 0.126. The Morgan fingerprint density at radius 2 is 2.02 bits per heavy atom. The molecule has 13 heteroatoms. The lowest BCUT2D eigenvalue weighted by atomic mass is 9.72. The average molecular weight is 720 g/mol. The van der Waals surface area contributed by atoms with E-state index in [1.54, 1.807) is 38.3 Å². The van der Waals surface area contributed by atoms with E-state index in [0.717, 1.165) is 34.1 Å². The Kier molecular flexibility index (Phi) is 13.6. The van der Waals surface area contributed by atoms with Crippen molar-refractivity contribution in [3.8, 4) is 0 Å². The van der Waals surface area contributed by atoms with Crippen molar-refractivity contribution in [1.29, 1.82) is 0 Å². The minimum atomic E-state index is -1.28. The number of epoxide rings is 1. The molecule has 2 saturated heterocycles. The first-order chi connectivity index (χ1) is 22.7. The van der Waals surface area contributed by atoms with Crippen molar-refractivity contribution in [1.82, 2.24) is 15.3 Å². The first-order valence-electron chi connectivity index (χ1n) is 16.5. The molecule has 2 aliphatic heterocycles. The summed E-state index contributed by atoms with van der Waals surface area (Å²) in [4.78, 5) is 49.0. The van der Waals surface area contributed by atoms with Gasteiger partial charge in [-0.15, -0.1) is 11.3 Å². The van der Waals surface area contributed by atoms with E-state index in [0.29, 0.717) is 18.6 Å². The molecule has 2 N–H and O–H groups in total. The number of aryl methyl sites for hydroxylation is 1. The van der Waals surface area contributed by atoms with E-state index in [2.05, 4.69) is 22.2 Å². The number of amides is 1. The summed E-state index contributed by atoms with van der Waals surface area (Å²) in [6.45, 7) is 13.1. The highest BCUT2D eigenvalue weighted by molar-refractivity contribution is 8.76. The molecule has 10 nitrogen and oxygen atoms in total. The summed E-state index contributed by atoms with van der Waals surface area (Å²) in [7, 11) is 3.01. The van der Waals surface area contributed by atoms with Crippen LogP contribution in [0.15, 0.2) is 40.4 Å². The third-order valence-electron chi connectivity index (χ3n) is 9.43. The molecule has 0 spiro atoms. The number of aliphatic hydroxyl groups is 1. The number of pyridine rings is 1. The zero-order chi connectivity index (χ0) is 35.1. The number of hydrogen-bond donors (Lipinski definition) is 2. The molecule has 2 aliphatic rings. The van der Waals surface area contributed by atoms with Gasteiger partial charge in [0.05, 0.1) is 52.3 Å². The predicted molar refractivity (Wildman–Crippen MR) is 191 cm³/mol. The van der Waals surface area contributed by atoms with Crippen LogP contribution in [0.4, 0.5) is 4.79 Å². The maximum absolute atomic E-state index is 14.0. The van der Waals surface area contributed by atoms with Gasteiger partial charge in [0.25, 0.3) is 0 Å². The molecule has 0 saturated carbocycles. The van der Waals surface area contributed by atoms with Gasteiger partial charge in [-0.2, -0.15) is 0 Å². The molecule has 0 unspecified atom stereocenters. The smallest absolute Gasteiger partial charge is 0.433 e. The number of aromatic nitrogens is 2. The fourth-order valence-electron chi connectivity index (χ4n) is 6.20. The van der Waals surface area contributed by atoms with Crippen molar-refractivity contribution in [2.75, 3.05) is 12.4 Å². The van der Waals surface area contributed by atoms with Crippen molar-refractivity contribution in [2.45, 2.75) is 116 Å². The highest BCUT2D eigenvalue weighted by Crippen LogP contribution is 2.45. The zero-order valence-electron chi connectivity index (χ0n) is 28.9. The van der Waals surface area contributed by atoms with E-state index in [-0.39, 0.29) is 48.4 Å². The normalized spacial score (nSPS) is 30.2. The Morgan fingerprint density at radius 1 is 1.25 bits per heavy atom. The molecule has 264 valence electrons. The number of rotatable bonds is 8. The van der Waals surface area contributed by atoms with Crippen LogP contribution in [-0.4, -0.2) is 75.2 Å². The van der Waals surface area contributed by atoms with E-state index in [1.807, 2.05) is 50.4 Å². The van der Waals surface area contributed by atoms with Gasteiger partial charge >= 0.3 is 6.16 Å². The van der Waals surface area contributed by atoms with E-state index < -0.39 is 29.7 Å². The minimum absolute atomic E-state index is 0.0517. The SMILES string of the molecule is C/C(=C\c1csc(C)n1)[C@@H]1C[C@@H]2O[C@]2(C)CCC[C@H](C)[C@H](OC(=O)OCCSSc2ccccn2)[C@@H](C)C(=O)C(C)(C)[C@@H](O)CC(=O)N1. The van der Waals surface area contributed by atoms with Gasteiger partial charge in [-0.25, -0.2) is 14.8 Å². The van der Waals surface area contributed by atoms with Gasteiger partial charge in [0.1, 0.15) is 23.5 Å². The molecule has 1 amide bonds. The monoisotopic (exact) mass is 719 g/mol. The number of hydrogen-bond acceptors (Lipinski definition) is 12. The van der Waals surface area contributed by atoms with Gasteiger partial charge in [-0.1, -0.05) is 51.0 Å². The molecular formula is C35H49N3O7S3. The highest BCUT2D eigenvalue weighted by Gasteiger charge is 2.52. The first-order valence-corrected chi connectivity index (χ1v) is 19.7. The number of ketones is 1. The second-order valence-electron chi connectivity index (χ2n) is 13.7. The van der Waals surface area contributed by atoms with Crippen molar-refractivity contribution in [3.05, 3.63) is 46.1 Å². The van der Waals surface area contributed by atoms with Crippen LogP contribution >= 0.6 is 32.9 Å². The zero-order valence-corrected chi connectivity index (χ0v) is 31.3. The van der Waals surface area contributed by atoms with E-state index in [9.17, 15) is 19.5 Å². The van der Waals surface area contributed by atoms with Crippen LogP contribution in [0.5, 0.6) is 0 Å². The lowest BCUT2D eigenvalue weighted by molar-refractivity contribution is -0.144. The largest absolute Gasteiger partial charge is 0.508 e. The topological polar surface area (TPSA) is 140 Å². The molecule has 2 aromatic rings. The number of nitrogens with one attached hydrogen (secondary N) is 1. The fraction of sp³-hybridized carbons (Fsp3) is 0.629. The number of Topliss-reactive ketones (excluding diaryl/α,β-unsaturated/α-hetero) is 1. The molecule has 4 heterocycles. The van der Waals surface area contributed by atoms with Crippen molar-refractivity contribution in [2.24, 2.45) is 17.3 Å². The van der Waals surface area contributed by atoms with Crippen molar-refractivity contribution >= 4 is 56.8 Å². The summed E-state index contributed by atoms with van der Waals surface area (Å²) in [6, 6.07) is 5.35. The second kappa shape index (κ2) is 17.0. The Balaban J connectivity index is 1.44. The molecule has 0 aromatic carbocycles. The van der Waals surface area contributed by atoms with Gasteiger partial charge in [0.15, 0.2) is 0 Å². The fourth-order valence-corrected chi connectivity index (χ4v) is 8.47. The molecule has 4 rings (SSSR count). The van der Waals surface area contributed by atoms with E-state index in [1.165, 1.54) is 21.6 Å². The molecule has 2 aromatic heterocycles. The second-order valence-corrected chi connectivity index (χ2v) is 17.2. The molecule has 0 bridgehead atoms. The Hall–Kier alpha value is -2.45. The number of ether oxygens (including phenoxy) is 3. The molecule has 0 aliphatic carbocycles. The number of aliphatic hydroxyl groups excluding tert-OH is 1. The summed E-state index contributed by atoms with van der Waals surface area (Å²) in [6.07, 6.45) is 3.38. The third kappa shape index (κ3) is 10.5. The molecule has 7 atom stereocenters. The maximum Gasteiger partial charge on any atom is 0.508 e. The number of nitrogens with zero attached hydrogens (tertiary/aromatic N) is 2. The molecule has 0 radical (unpaired) electrons. The van der Waals surface area contributed by atoms with Crippen LogP contribution in [0.2, 0.25) is 0 Å². The van der Waals surface area contributed by atoms with Crippen LogP contribution < -0.4 is 5.32 Å². The maximum atomic E-state index is 14.0. The molecule has 2 fully saturated rings. The Morgan fingerprint density at radius 3 is 2.71 bits per heavy atom. The first kappa shape index (κ1) is 38.4. The summed E-state index contributed by atoms with van der Waals surface area (Å²) in [5.41, 5.74) is 0.150.